The monoisotopic (exact) mass is 399 g/mol. The molecule has 1 amide bonds. The second kappa shape index (κ2) is 6.62. The molecule has 0 bridgehead atoms. The topological polar surface area (TPSA) is 142 Å². The summed E-state index contributed by atoms with van der Waals surface area (Å²) in [5.41, 5.74) is 11.0. The molecule has 0 saturated heterocycles. The minimum Gasteiger partial charge on any atom is -0.397 e. The summed E-state index contributed by atoms with van der Waals surface area (Å²) in [7, 11) is 3.38. The molecular formula is C20H17N9O. The molecule has 5 aromatic rings. The molecule has 5 heterocycles. The number of nitrogens with two attached hydrogens (primary N) is 1. The highest BCUT2D eigenvalue weighted by Crippen LogP contribution is 2.29. The van der Waals surface area contributed by atoms with E-state index in [1.54, 1.807) is 38.9 Å². The van der Waals surface area contributed by atoms with Gasteiger partial charge in [0, 0.05) is 50.0 Å². The number of nitrogens with zero attached hydrogens (tertiary/aromatic N) is 6. The van der Waals surface area contributed by atoms with Gasteiger partial charge in [-0.15, -0.1) is 0 Å². The summed E-state index contributed by atoms with van der Waals surface area (Å²) in [4.78, 5) is 34.6. The largest absolute Gasteiger partial charge is 0.397 e. The fourth-order valence-corrected chi connectivity index (χ4v) is 3.30. The van der Waals surface area contributed by atoms with Crippen LogP contribution in [0, 0.1) is 0 Å². The number of nitrogen functional groups attached to an aromatic ring is 1. The van der Waals surface area contributed by atoms with Gasteiger partial charge in [0.15, 0.2) is 11.5 Å². The highest BCUT2D eigenvalue weighted by molar-refractivity contribution is 6.05. The van der Waals surface area contributed by atoms with Crippen LogP contribution < -0.4 is 5.73 Å². The molecule has 5 aromatic heterocycles. The number of hydrogen-bond donors (Lipinski definition) is 3. The molecule has 0 saturated carbocycles. The molecule has 148 valence electrons. The number of carbonyl (C=O) groups is 1. The molecule has 10 nitrogen and oxygen atoms in total. The van der Waals surface area contributed by atoms with Gasteiger partial charge >= 0.3 is 0 Å². The average molecular weight is 399 g/mol. The number of hydrogen-bond acceptors (Lipinski definition) is 7. The van der Waals surface area contributed by atoms with Crippen molar-refractivity contribution in [1.29, 1.82) is 0 Å². The molecule has 5 rings (SSSR count). The lowest BCUT2D eigenvalue weighted by atomic mass is 10.1. The van der Waals surface area contributed by atoms with Crippen molar-refractivity contribution in [1.82, 2.24) is 40.0 Å². The van der Waals surface area contributed by atoms with Gasteiger partial charge in [0.2, 0.25) is 0 Å². The zero-order chi connectivity index (χ0) is 20.8. The van der Waals surface area contributed by atoms with Gasteiger partial charge in [-0.25, -0.2) is 9.97 Å². The molecular weight excluding hydrogens is 382 g/mol. The molecule has 0 aliphatic carbocycles. The van der Waals surface area contributed by atoms with E-state index in [1.807, 2.05) is 12.1 Å². The van der Waals surface area contributed by atoms with Gasteiger partial charge in [0.25, 0.3) is 5.91 Å². The summed E-state index contributed by atoms with van der Waals surface area (Å²) < 4.78 is 0. The summed E-state index contributed by atoms with van der Waals surface area (Å²) in [5.74, 6) is 0.372. The first kappa shape index (κ1) is 17.7. The molecule has 0 aliphatic rings. The Morgan fingerprint density at radius 2 is 1.83 bits per heavy atom. The highest BCUT2D eigenvalue weighted by Gasteiger charge is 2.19. The molecule has 0 radical (unpaired) electrons. The first-order valence-corrected chi connectivity index (χ1v) is 9.12. The third-order valence-electron chi connectivity index (χ3n) is 4.77. The van der Waals surface area contributed by atoms with Gasteiger partial charge in [-0.1, -0.05) is 0 Å². The maximum atomic E-state index is 12.5. The fourth-order valence-electron chi connectivity index (χ4n) is 3.30. The van der Waals surface area contributed by atoms with E-state index in [0.29, 0.717) is 39.4 Å². The number of nitrogens with one attached hydrogen (secondary N) is 2. The van der Waals surface area contributed by atoms with E-state index in [4.69, 9.17) is 5.73 Å². The Kier molecular flexibility index (Phi) is 3.91. The van der Waals surface area contributed by atoms with Crippen molar-refractivity contribution in [2.24, 2.45) is 0 Å². The Bertz CT molecular complexity index is 1420. The number of amides is 1. The number of anilines is 1. The van der Waals surface area contributed by atoms with Crippen molar-refractivity contribution in [2.75, 3.05) is 19.8 Å². The number of pyridine rings is 3. The zero-order valence-corrected chi connectivity index (χ0v) is 16.2. The fraction of sp³-hybridized carbons (Fsp3) is 0.100. The smallest absolute Gasteiger partial charge is 0.257 e. The summed E-state index contributed by atoms with van der Waals surface area (Å²) in [6.07, 6.45) is 8.20. The Hall–Kier alpha value is -4.34. The minimum absolute atomic E-state index is 0.168. The minimum atomic E-state index is -0.168. The summed E-state index contributed by atoms with van der Waals surface area (Å²) in [6, 6.07) is 3.79. The Morgan fingerprint density at radius 3 is 2.63 bits per heavy atom. The molecule has 30 heavy (non-hydrogen) atoms. The molecule has 0 fully saturated rings. The normalized spacial score (nSPS) is 11.3. The third kappa shape index (κ3) is 2.82. The van der Waals surface area contributed by atoms with E-state index in [1.165, 1.54) is 11.1 Å². The quantitative estimate of drug-likeness (QED) is 0.422. The van der Waals surface area contributed by atoms with Crippen LogP contribution in [0.4, 0.5) is 5.69 Å². The van der Waals surface area contributed by atoms with Crippen LogP contribution in [0.3, 0.4) is 0 Å². The van der Waals surface area contributed by atoms with E-state index in [-0.39, 0.29) is 5.91 Å². The lowest BCUT2D eigenvalue weighted by Gasteiger charge is -2.09. The summed E-state index contributed by atoms with van der Waals surface area (Å²) >= 11 is 0. The van der Waals surface area contributed by atoms with E-state index >= 15 is 0 Å². The van der Waals surface area contributed by atoms with E-state index in [0.717, 1.165) is 16.5 Å². The lowest BCUT2D eigenvalue weighted by Crippen LogP contribution is -2.22. The van der Waals surface area contributed by atoms with Crippen molar-refractivity contribution < 1.29 is 4.79 Å². The van der Waals surface area contributed by atoms with Gasteiger partial charge in [-0.2, -0.15) is 5.10 Å². The van der Waals surface area contributed by atoms with Crippen LogP contribution >= 0.6 is 0 Å². The van der Waals surface area contributed by atoms with Gasteiger partial charge in [-0.05, 0) is 12.1 Å². The molecule has 10 heteroatoms. The number of H-pyrrole nitrogens is 2. The number of carbonyl (C=O) groups excluding carboxylic acids is 1. The number of imidazole rings is 1. The standard InChI is InChI=1S/C20H17N9O/c1-29(2)20(30)14-8-23-9-15-16(14)26-19(25-15)17-13-4-11(6-24-18(13)28-27-17)10-3-12(21)7-22-5-10/h3-9H,21H2,1-2H3,(H,25,26)(H,24,27,28). The number of aromatic nitrogens is 7. The molecule has 0 spiro atoms. The average Bonchev–Trinajstić information content (AvgIpc) is 3.36. The van der Waals surface area contributed by atoms with Crippen molar-refractivity contribution >= 4 is 33.7 Å². The first-order valence-electron chi connectivity index (χ1n) is 9.12. The third-order valence-corrected chi connectivity index (χ3v) is 4.77. The van der Waals surface area contributed by atoms with Crippen molar-refractivity contribution in [3.8, 4) is 22.6 Å². The van der Waals surface area contributed by atoms with E-state index in [2.05, 4.69) is 35.1 Å². The van der Waals surface area contributed by atoms with Crippen molar-refractivity contribution in [3.63, 3.8) is 0 Å². The molecule has 0 aromatic carbocycles. The van der Waals surface area contributed by atoms with Crippen LogP contribution in [0.5, 0.6) is 0 Å². The molecule has 0 atom stereocenters. The van der Waals surface area contributed by atoms with Gasteiger partial charge in [0.05, 0.1) is 28.4 Å². The maximum absolute atomic E-state index is 12.5. The Balaban J connectivity index is 1.66. The van der Waals surface area contributed by atoms with Crippen LogP contribution in [-0.4, -0.2) is 60.0 Å². The number of aromatic amines is 2. The second-order valence-corrected chi connectivity index (χ2v) is 7.07. The van der Waals surface area contributed by atoms with Crippen LogP contribution in [0.25, 0.3) is 44.7 Å². The van der Waals surface area contributed by atoms with E-state index < -0.39 is 0 Å². The predicted octanol–water partition coefficient (Wildman–Crippen LogP) is 2.24. The second-order valence-electron chi connectivity index (χ2n) is 7.07. The summed E-state index contributed by atoms with van der Waals surface area (Å²) in [5, 5.41) is 8.05. The van der Waals surface area contributed by atoms with Crippen LogP contribution in [-0.2, 0) is 0 Å². The highest BCUT2D eigenvalue weighted by atomic mass is 16.2. The van der Waals surface area contributed by atoms with Crippen molar-refractivity contribution in [3.05, 3.63) is 48.7 Å². The molecule has 0 aliphatic heterocycles. The summed E-state index contributed by atoms with van der Waals surface area (Å²) in [6.45, 7) is 0. The Morgan fingerprint density at radius 1 is 1.03 bits per heavy atom. The molecule has 4 N–H and O–H groups in total. The SMILES string of the molecule is CN(C)C(=O)c1cncc2[nH]c(-c3[nH]nc4ncc(-c5cncc(N)c5)cc34)nc12. The van der Waals surface area contributed by atoms with Crippen LogP contribution in [0.15, 0.2) is 43.1 Å². The van der Waals surface area contributed by atoms with Gasteiger partial charge in [-0.3, -0.25) is 19.9 Å². The first-order chi connectivity index (χ1) is 14.5. The van der Waals surface area contributed by atoms with E-state index in [9.17, 15) is 4.79 Å². The Labute approximate surface area is 170 Å². The zero-order valence-electron chi connectivity index (χ0n) is 16.2. The van der Waals surface area contributed by atoms with Gasteiger partial charge in [0.1, 0.15) is 11.2 Å². The van der Waals surface area contributed by atoms with Crippen LogP contribution in [0.2, 0.25) is 0 Å². The number of rotatable bonds is 3. The van der Waals surface area contributed by atoms with Crippen LogP contribution in [0.1, 0.15) is 10.4 Å². The lowest BCUT2D eigenvalue weighted by molar-refractivity contribution is 0.0829. The molecule has 0 unspecified atom stereocenters. The number of fused-ring (bicyclic) bond motifs is 2. The predicted molar refractivity (Wildman–Crippen MR) is 112 cm³/mol. The van der Waals surface area contributed by atoms with Crippen molar-refractivity contribution in [2.45, 2.75) is 0 Å². The maximum Gasteiger partial charge on any atom is 0.257 e. The van der Waals surface area contributed by atoms with Gasteiger partial charge < -0.3 is 15.6 Å².